The summed E-state index contributed by atoms with van der Waals surface area (Å²) < 4.78 is 5.69. The molecule has 0 radical (unpaired) electrons. The summed E-state index contributed by atoms with van der Waals surface area (Å²) in [5, 5.41) is 1.47. The second-order valence-electron chi connectivity index (χ2n) is 3.81. The third kappa shape index (κ3) is 2.63. The van der Waals surface area contributed by atoms with Crippen LogP contribution in [-0.2, 0) is 0 Å². The van der Waals surface area contributed by atoms with Crippen LogP contribution in [0.4, 0.5) is 0 Å². The van der Waals surface area contributed by atoms with Crippen LogP contribution in [0.2, 0.25) is 10.3 Å². The van der Waals surface area contributed by atoms with Crippen LogP contribution in [-0.4, -0.2) is 15.0 Å². The molecule has 19 heavy (non-hydrogen) atoms. The van der Waals surface area contributed by atoms with Crippen molar-refractivity contribution in [3.8, 4) is 11.6 Å². The number of ether oxygens (including phenoxy) is 1. The van der Waals surface area contributed by atoms with Crippen molar-refractivity contribution in [1.82, 2.24) is 15.0 Å². The molecule has 0 unspecified atom stereocenters. The van der Waals surface area contributed by atoms with Gasteiger partial charge in [0.15, 0.2) is 0 Å². The number of nitrogens with zero attached hydrogens (tertiary/aromatic N) is 3. The molecule has 0 aliphatic carbocycles. The number of hydrogen-bond acceptors (Lipinski definition) is 5. The lowest BCUT2D eigenvalue weighted by atomic mass is 10.3. The largest absolute Gasteiger partial charge is 0.436 e. The molecule has 0 aliphatic heterocycles. The minimum Gasteiger partial charge on any atom is -0.436 e. The van der Waals surface area contributed by atoms with Gasteiger partial charge in [-0.25, -0.2) is 4.98 Å². The normalized spacial score (nSPS) is 10.9. The molecule has 7 heteroatoms. The third-order valence-corrected chi connectivity index (χ3v) is 3.67. The molecule has 0 aromatic carbocycles. The van der Waals surface area contributed by atoms with Crippen LogP contribution in [0.25, 0.3) is 10.2 Å². The van der Waals surface area contributed by atoms with Gasteiger partial charge in [-0.2, -0.15) is 4.98 Å². The van der Waals surface area contributed by atoms with E-state index in [0.717, 1.165) is 15.1 Å². The van der Waals surface area contributed by atoms with E-state index in [1.807, 2.05) is 13.0 Å². The zero-order chi connectivity index (χ0) is 13.4. The minimum absolute atomic E-state index is 0.152. The van der Waals surface area contributed by atoms with Crippen LogP contribution in [0.5, 0.6) is 11.6 Å². The minimum atomic E-state index is 0.152. The fraction of sp³-hybridized carbons (Fsp3) is 0.0833. The standard InChI is InChI=1S/C12H7Cl2N3OS/c1-6-2-9-10(16-12(14)17-11(9)19-6)18-8-3-7(13)4-15-5-8/h2-5H,1H3. The van der Waals surface area contributed by atoms with E-state index in [0.29, 0.717) is 16.7 Å². The fourth-order valence-electron chi connectivity index (χ4n) is 1.63. The molecular formula is C12H7Cl2N3OS. The Morgan fingerprint density at radius 2 is 2.00 bits per heavy atom. The van der Waals surface area contributed by atoms with Crippen molar-refractivity contribution >= 4 is 44.8 Å². The Hall–Kier alpha value is -1.43. The van der Waals surface area contributed by atoms with E-state index in [9.17, 15) is 0 Å². The molecule has 0 atom stereocenters. The number of halogens is 2. The second kappa shape index (κ2) is 4.92. The van der Waals surface area contributed by atoms with Crippen LogP contribution in [0.3, 0.4) is 0 Å². The lowest BCUT2D eigenvalue weighted by molar-refractivity contribution is 0.466. The highest BCUT2D eigenvalue weighted by atomic mass is 35.5. The van der Waals surface area contributed by atoms with E-state index >= 15 is 0 Å². The number of fused-ring (bicyclic) bond motifs is 1. The summed E-state index contributed by atoms with van der Waals surface area (Å²) in [5.74, 6) is 0.913. The summed E-state index contributed by atoms with van der Waals surface area (Å²) in [4.78, 5) is 14.1. The Morgan fingerprint density at radius 3 is 2.79 bits per heavy atom. The van der Waals surface area contributed by atoms with Crippen LogP contribution in [0.1, 0.15) is 4.88 Å². The van der Waals surface area contributed by atoms with E-state index in [1.165, 1.54) is 17.5 Å². The van der Waals surface area contributed by atoms with Crippen molar-refractivity contribution < 1.29 is 4.74 Å². The highest BCUT2D eigenvalue weighted by Crippen LogP contribution is 2.33. The van der Waals surface area contributed by atoms with Crippen molar-refractivity contribution in [1.29, 1.82) is 0 Å². The predicted octanol–water partition coefficient (Wildman–Crippen LogP) is 4.49. The summed E-state index contributed by atoms with van der Waals surface area (Å²) in [7, 11) is 0. The average molecular weight is 312 g/mol. The SMILES string of the molecule is Cc1cc2c(Oc3cncc(Cl)c3)nc(Cl)nc2s1. The zero-order valence-electron chi connectivity index (χ0n) is 9.72. The highest BCUT2D eigenvalue weighted by molar-refractivity contribution is 7.18. The van der Waals surface area contributed by atoms with Crippen LogP contribution < -0.4 is 4.74 Å². The fourth-order valence-corrected chi connectivity index (χ4v) is 2.87. The van der Waals surface area contributed by atoms with Gasteiger partial charge < -0.3 is 4.74 Å². The summed E-state index contributed by atoms with van der Waals surface area (Å²) in [6, 6.07) is 3.62. The Bertz CT molecular complexity index is 760. The summed E-state index contributed by atoms with van der Waals surface area (Å²) in [5.41, 5.74) is 0. The molecule has 0 spiro atoms. The number of thiophene rings is 1. The zero-order valence-corrected chi connectivity index (χ0v) is 12.1. The van der Waals surface area contributed by atoms with Crippen molar-refractivity contribution in [2.45, 2.75) is 6.92 Å². The number of rotatable bonds is 2. The monoisotopic (exact) mass is 311 g/mol. The molecule has 3 rings (SSSR count). The van der Waals surface area contributed by atoms with Gasteiger partial charge in [-0.05, 0) is 24.6 Å². The first-order valence-corrected chi connectivity index (χ1v) is 6.91. The smallest absolute Gasteiger partial charge is 0.232 e. The Balaban J connectivity index is 2.09. The molecule has 4 nitrogen and oxygen atoms in total. The first-order chi connectivity index (χ1) is 9.11. The molecule has 0 bridgehead atoms. The summed E-state index contributed by atoms with van der Waals surface area (Å²) in [6.45, 7) is 1.99. The van der Waals surface area contributed by atoms with Crippen LogP contribution in [0, 0.1) is 6.92 Å². The van der Waals surface area contributed by atoms with Crippen molar-refractivity contribution in [3.05, 3.63) is 39.7 Å². The first kappa shape index (κ1) is 12.6. The second-order valence-corrected chi connectivity index (χ2v) is 5.82. The molecule has 0 amide bonds. The lowest BCUT2D eigenvalue weighted by Gasteiger charge is -2.05. The molecule has 0 N–H and O–H groups in total. The van der Waals surface area contributed by atoms with Gasteiger partial charge in [-0.15, -0.1) is 11.3 Å². The molecule has 3 aromatic heterocycles. The van der Waals surface area contributed by atoms with E-state index in [4.69, 9.17) is 27.9 Å². The van der Waals surface area contributed by atoms with Gasteiger partial charge in [0.05, 0.1) is 16.6 Å². The number of hydrogen-bond donors (Lipinski definition) is 0. The molecule has 0 fully saturated rings. The summed E-state index contributed by atoms with van der Waals surface area (Å²) >= 11 is 13.3. The van der Waals surface area contributed by atoms with Gasteiger partial charge in [0.1, 0.15) is 10.6 Å². The van der Waals surface area contributed by atoms with E-state index in [1.54, 1.807) is 12.3 Å². The van der Waals surface area contributed by atoms with Gasteiger partial charge >= 0.3 is 0 Å². The van der Waals surface area contributed by atoms with Gasteiger partial charge in [0, 0.05) is 17.1 Å². The molecule has 0 saturated heterocycles. The van der Waals surface area contributed by atoms with E-state index < -0.39 is 0 Å². The lowest BCUT2D eigenvalue weighted by Crippen LogP contribution is -1.91. The topological polar surface area (TPSA) is 47.9 Å². The third-order valence-electron chi connectivity index (χ3n) is 2.35. The predicted molar refractivity (Wildman–Crippen MR) is 76.5 cm³/mol. The van der Waals surface area contributed by atoms with Gasteiger partial charge in [-0.1, -0.05) is 11.6 Å². The van der Waals surface area contributed by atoms with E-state index in [-0.39, 0.29) is 5.28 Å². The maximum atomic E-state index is 5.89. The van der Waals surface area contributed by atoms with Crippen LogP contribution >= 0.6 is 34.5 Å². The van der Waals surface area contributed by atoms with Crippen molar-refractivity contribution in [2.24, 2.45) is 0 Å². The molecular weight excluding hydrogens is 305 g/mol. The van der Waals surface area contributed by atoms with Crippen LogP contribution in [0.15, 0.2) is 24.5 Å². The average Bonchev–Trinajstić information content (AvgIpc) is 2.69. The Labute approximate surface area is 123 Å². The maximum Gasteiger partial charge on any atom is 0.232 e. The molecule has 0 saturated carbocycles. The summed E-state index contributed by atoms with van der Waals surface area (Å²) in [6.07, 6.45) is 3.10. The first-order valence-electron chi connectivity index (χ1n) is 5.34. The quantitative estimate of drug-likeness (QED) is 0.654. The highest BCUT2D eigenvalue weighted by Gasteiger charge is 2.12. The molecule has 96 valence electrons. The van der Waals surface area contributed by atoms with Gasteiger partial charge in [-0.3, -0.25) is 4.98 Å². The van der Waals surface area contributed by atoms with E-state index in [2.05, 4.69) is 15.0 Å². The van der Waals surface area contributed by atoms with Crippen molar-refractivity contribution in [2.75, 3.05) is 0 Å². The Kier molecular flexibility index (Phi) is 3.26. The number of aryl methyl sites for hydroxylation is 1. The maximum absolute atomic E-state index is 5.89. The van der Waals surface area contributed by atoms with Gasteiger partial charge in [0.25, 0.3) is 0 Å². The van der Waals surface area contributed by atoms with Crippen molar-refractivity contribution in [3.63, 3.8) is 0 Å². The Morgan fingerprint density at radius 1 is 1.16 bits per heavy atom. The molecule has 3 heterocycles. The molecule has 3 aromatic rings. The molecule has 0 aliphatic rings. The number of pyridine rings is 1. The van der Waals surface area contributed by atoms with Gasteiger partial charge in [0.2, 0.25) is 11.2 Å². The number of aromatic nitrogens is 3.